The van der Waals surface area contributed by atoms with E-state index in [1.54, 1.807) is 35.2 Å². The lowest BCUT2D eigenvalue weighted by Gasteiger charge is -2.26. The van der Waals surface area contributed by atoms with Crippen molar-refractivity contribution in [3.05, 3.63) is 69.4 Å². The van der Waals surface area contributed by atoms with Gasteiger partial charge in [-0.2, -0.15) is 0 Å². The lowest BCUT2D eigenvalue weighted by Crippen LogP contribution is -2.41. The van der Waals surface area contributed by atoms with E-state index in [9.17, 15) is 22.8 Å². The van der Waals surface area contributed by atoms with E-state index >= 15 is 0 Å². The Morgan fingerprint density at radius 1 is 1.00 bits per heavy atom. The second kappa shape index (κ2) is 9.22. The monoisotopic (exact) mass is 470 g/mol. The SMILES string of the molecule is Cn1c(=O)n(CCC(=O)N2CCCCC2)c(=O)c2cc(S(=O)(=O)Nc3ccccc3)ccc21. The number of sulfonamides is 1. The van der Waals surface area contributed by atoms with Gasteiger partial charge >= 0.3 is 5.69 Å². The Balaban J connectivity index is 1.67. The zero-order valence-corrected chi connectivity index (χ0v) is 19.2. The van der Waals surface area contributed by atoms with Crippen LogP contribution in [0.25, 0.3) is 10.9 Å². The molecule has 1 amide bonds. The van der Waals surface area contributed by atoms with E-state index in [0.29, 0.717) is 24.3 Å². The maximum absolute atomic E-state index is 13.1. The third-order valence-corrected chi connectivity index (χ3v) is 7.30. The van der Waals surface area contributed by atoms with E-state index in [-0.39, 0.29) is 29.2 Å². The van der Waals surface area contributed by atoms with Crippen LogP contribution in [0.2, 0.25) is 0 Å². The summed E-state index contributed by atoms with van der Waals surface area (Å²) in [7, 11) is -2.43. The number of para-hydroxylation sites is 1. The van der Waals surface area contributed by atoms with Gasteiger partial charge in [0.1, 0.15) is 0 Å². The van der Waals surface area contributed by atoms with Crippen molar-refractivity contribution < 1.29 is 13.2 Å². The minimum Gasteiger partial charge on any atom is -0.343 e. The fourth-order valence-corrected chi connectivity index (χ4v) is 5.17. The number of aromatic nitrogens is 2. The quantitative estimate of drug-likeness (QED) is 0.592. The standard InChI is InChI=1S/C23H26N4O5S/c1-25-20-11-10-18(33(31,32)24-17-8-4-2-5-9-17)16-19(20)22(29)27(23(25)30)15-12-21(28)26-13-6-3-7-14-26/h2,4-5,8-11,16,24H,3,6-7,12-15H2,1H3. The highest BCUT2D eigenvalue weighted by atomic mass is 32.2. The molecule has 2 heterocycles. The van der Waals surface area contributed by atoms with Crippen LogP contribution in [0.1, 0.15) is 25.7 Å². The maximum Gasteiger partial charge on any atom is 0.331 e. The summed E-state index contributed by atoms with van der Waals surface area (Å²) >= 11 is 0. The number of rotatable bonds is 6. The number of hydrogen-bond donors (Lipinski definition) is 1. The summed E-state index contributed by atoms with van der Waals surface area (Å²) in [5.74, 6) is -0.0906. The summed E-state index contributed by atoms with van der Waals surface area (Å²) in [5.41, 5.74) is -0.442. The van der Waals surface area contributed by atoms with Crippen molar-refractivity contribution in [2.45, 2.75) is 37.1 Å². The lowest BCUT2D eigenvalue weighted by atomic mass is 10.1. The molecule has 0 spiro atoms. The van der Waals surface area contributed by atoms with Gasteiger partial charge in [0.15, 0.2) is 0 Å². The third kappa shape index (κ3) is 4.70. The van der Waals surface area contributed by atoms with Crippen LogP contribution < -0.4 is 16.0 Å². The van der Waals surface area contributed by atoms with E-state index in [1.807, 2.05) is 0 Å². The van der Waals surface area contributed by atoms with Gasteiger partial charge in [-0.3, -0.25) is 23.4 Å². The molecule has 0 unspecified atom stereocenters. The molecule has 1 aromatic heterocycles. The molecular weight excluding hydrogens is 444 g/mol. The fourth-order valence-electron chi connectivity index (χ4n) is 4.09. The second-order valence-corrected chi connectivity index (χ2v) is 9.82. The number of hydrogen-bond acceptors (Lipinski definition) is 5. The first-order chi connectivity index (χ1) is 15.8. The van der Waals surface area contributed by atoms with Crippen LogP contribution in [0.3, 0.4) is 0 Å². The van der Waals surface area contributed by atoms with E-state index < -0.39 is 21.3 Å². The van der Waals surface area contributed by atoms with Gasteiger partial charge in [-0.1, -0.05) is 18.2 Å². The van der Waals surface area contributed by atoms with Gasteiger partial charge in [0.2, 0.25) is 5.91 Å². The number of carbonyl (C=O) groups is 1. The number of nitrogens with one attached hydrogen (secondary N) is 1. The van der Waals surface area contributed by atoms with Crippen molar-refractivity contribution in [1.82, 2.24) is 14.0 Å². The smallest absolute Gasteiger partial charge is 0.331 e. The predicted octanol–water partition coefficient (Wildman–Crippen LogP) is 1.90. The number of piperidine rings is 1. The largest absolute Gasteiger partial charge is 0.343 e. The van der Waals surface area contributed by atoms with E-state index in [4.69, 9.17) is 0 Å². The molecule has 1 aliphatic rings. The molecule has 3 aromatic rings. The zero-order chi connectivity index (χ0) is 23.6. The van der Waals surface area contributed by atoms with Crippen molar-refractivity contribution in [1.29, 1.82) is 0 Å². The van der Waals surface area contributed by atoms with Crippen LogP contribution in [-0.2, 0) is 28.4 Å². The summed E-state index contributed by atoms with van der Waals surface area (Å²) in [6, 6.07) is 12.5. The van der Waals surface area contributed by atoms with Crippen molar-refractivity contribution >= 4 is 32.5 Å². The zero-order valence-electron chi connectivity index (χ0n) is 18.4. The normalized spacial score (nSPS) is 14.4. The number of fused-ring (bicyclic) bond motifs is 1. The highest BCUT2D eigenvalue weighted by molar-refractivity contribution is 7.92. The van der Waals surface area contributed by atoms with Gasteiger partial charge in [-0.25, -0.2) is 13.2 Å². The van der Waals surface area contributed by atoms with Gasteiger partial charge < -0.3 is 4.90 Å². The molecule has 33 heavy (non-hydrogen) atoms. The van der Waals surface area contributed by atoms with Crippen LogP contribution in [0.15, 0.2) is 63.0 Å². The molecule has 9 nitrogen and oxygen atoms in total. The van der Waals surface area contributed by atoms with Crippen molar-refractivity contribution in [3.63, 3.8) is 0 Å². The number of likely N-dealkylation sites (tertiary alicyclic amines) is 1. The van der Waals surface area contributed by atoms with Gasteiger partial charge in [0, 0.05) is 38.8 Å². The van der Waals surface area contributed by atoms with Crippen LogP contribution in [0, 0.1) is 0 Å². The molecule has 1 N–H and O–H groups in total. The predicted molar refractivity (Wildman–Crippen MR) is 126 cm³/mol. The Morgan fingerprint density at radius 2 is 1.70 bits per heavy atom. The Morgan fingerprint density at radius 3 is 2.39 bits per heavy atom. The first-order valence-electron chi connectivity index (χ1n) is 10.9. The molecule has 0 aliphatic carbocycles. The molecule has 174 valence electrons. The van der Waals surface area contributed by atoms with Crippen LogP contribution in [0.4, 0.5) is 5.69 Å². The number of carbonyl (C=O) groups excluding carboxylic acids is 1. The Bertz CT molecular complexity index is 1400. The molecular formula is C23H26N4O5S. The average Bonchev–Trinajstić information content (AvgIpc) is 2.83. The molecule has 0 atom stereocenters. The van der Waals surface area contributed by atoms with Crippen LogP contribution in [-0.4, -0.2) is 41.4 Å². The number of nitrogens with zero attached hydrogens (tertiary/aromatic N) is 3. The molecule has 1 saturated heterocycles. The minimum absolute atomic E-state index is 0.0359. The Hall–Kier alpha value is -3.40. The summed E-state index contributed by atoms with van der Waals surface area (Å²) in [6.45, 7) is 1.33. The van der Waals surface area contributed by atoms with E-state index in [1.165, 1.54) is 29.8 Å². The highest BCUT2D eigenvalue weighted by Gasteiger charge is 2.20. The molecule has 4 rings (SSSR count). The van der Waals surface area contributed by atoms with Gasteiger partial charge in [-0.05, 0) is 49.6 Å². The van der Waals surface area contributed by atoms with Crippen LogP contribution in [0.5, 0.6) is 0 Å². The molecule has 2 aromatic carbocycles. The summed E-state index contributed by atoms with van der Waals surface area (Å²) in [6.07, 6.45) is 3.04. The van der Waals surface area contributed by atoms with E-state index in [0.717, 1.165) is 23.8 Å². The van der Waals surface area contributed by atoms with Crippen molar-refractivity contribution in [2.24, 2.45) is 7.05 Å². The van der Waals surface area contributed by atoms with Crippen LogP contribution >= 0.6 is 0 Å². The molecule has 0 radical (unpaired) electrons. The molecule has 1 fully saturated rings. The Kier molecular flexibility index (Phi) is 6.37. The number of benzene rings is 2. The second-order valence-electron chi connectivity index (χ2n) is 8.14. The topological polar surface area (TPSA) is 110 Å². The summed E-state index contributed by atoms with van der Waals surface area (Å²) < 4.78 is 30.5. The summed E-state index contributed by atoms with van der Waals surface area (Å²) in [4.78, 5) is 40.1. The molecule has 0 bridgehead atoms. The maximum atomic E-state index is 13.1. The highest BCUT2D eigenvalue weighted by Crippen LogP contribution is 2.19. The fraction of sp³-hybridized carbons (Fsp3) is 0.348. The first kappa shape index (κ1) is 22.8. The third-order valence-electron chi connectivity index (χ3n) is 5.92. The van der Waals surface area contributed by atoms with Crippen molar-refractivity contribution in [3.8, 4) is 0 Å². The number of anilines is 1. The van der Waals surface area contributed by atoms with Gasteiger partial charge in [0.05, 0.1) is 15.8 Å². The molecule has 1 aliphatic heterocycles. The molecule has 0 saturated carbocycles. The average molecular weight is 471 g/mol. The number of aryl methyl sites for hydroxylation is 1. The number of amides is 1. The molecule has 10 heteroatoms. The van der Waals surface area contributed by atoms with Crippen molar-refractivity contribution in [2.75, 3.05) is 17.8 Å². The summed E-state index contributed by atoms with van der Waals surface area (Å²) in [5, 5.41) is 0.0958. The van der Waals surface area contributed by atoms with E-state index in [2.05, 4.69) is 4.72 Å². The Labute approximate surface area is 191 Å². The lowest BCUT2D eigenvalue weighted by molar-refractivity contribution is -0.132. The minimum atomic E-state index is -3.94. The van der Waals surface area contributed by atoms with Gasteiger partial charge in [0.25, 0.3) is 15.6 Å². The van der Waals surface area contributed by atoms with Gasteiger partial charge in [-0.15, -0.1) is 0 Å². The first-order valence-corrected chi connectivity index (χ1v) is 12.4.